The van der Waals surface area contributed by atoms with Crippen LogP contribution in [0.1, 0.15) is 34.0 Å². The molecule has 1 aromatic heterocycles. The van der Waals surface area contributed by atoms with Crippen molar-refractivity contribution in [1.29, 1.82) is 0 Å². The van der Waals surface area contributed by atoms with Crippen LogP contribution in [0.15, 0.2) is 77.9 Å². The number of anilines is 2. The molecule has 3 heterocycles. The highest BCUT2D eigenvalue weighted by Crippen LogP contribution is 2.34. The third-order valence-electron chi connectivity index (χ3n) is 7.39. The van der Waals surface area contributed by atoms with Gasteiger partial charge in [0.15, 0.2) is 0 Å². The van der Waals surface area contributed by atoms with Gasteiger partial charge < -0.3 is 15.1 Å². The van der Waals surface area contributed by atoms with E-state index in [9.17, 15) is 9.18 Å². The quantitative estimate of drug-likeness (QED) is 0.337. The summed E-state index contributed by atoms with van der Waals surface area (Å²) in [6.07, 6.45) is 1.74. The Bertz CT molecular complexity index is 1600. The zero-order valence-electron chi connectivity index (χ0n) is 22.1. The van der Waals surface area contributed by atoms with Crippen molar-refractivity contribution >= 4 is 34.9 Å². The van der Waals surface area contributed by atoms with Crippen LogP contribution in [0.3, 0.4) is 0 Å². The second-order valence-electron chi connectivity index (χ2n) is 9.83. The molecule has 3 aromatic carbocycles. The minimum absolute atomic E-state index is 0.0458. The first-order valence-electron chi connectivity index (χ1n) is 13.3. The number of benzene rings is 3. The number of fused-ring (bicyclic) bond motifs is 3. The number of carbonyl (C=O) groups is 1. The molecular formula is C31H28ClFN6O. The molecule has 40 heavy (non-hydrogen) atoms. The maximum Gasteiger partial charge on any atom is 0.253 e. The van der Waals surface area contributed by atoms with Crippen LogP contribution in [-0.2, 0) is 6.54 Å². The van der Waals surface area contributed by atoms with Crippen LogP contribution in [0.2, 0.25) is 5.02 Å². The van der Waals surface area contributed by atoms with Crippen molar-refractivity contribution < 1.29 is 9.18 Å². The Morgan fingerprint density at radius 2 is 1.75 bits per heavy atom. The van der Waals surface area contributed by atoms with Gasteiger partial charge in [0.05, 0.1) is 18.0 Å². The molecule has 0 saturated carbocycles. The smallest absolute Gasteiger partial charge is 0.253 e. The van der Waals surface area contributed by atoms with E-state index in [1.165, 1.54) is 6.07 Å². The summed E-state index contributed by atoms with van der Waals surface area (Å²) in [5, 5.41) is 3.78. The molecule has 202 valence electrons. The van der Waals surface area contributed by atoms with Crippen molar-refractivity contribution in [2.24, 2.45) is 4.99 Å². The molecule has 6 rings (SSSR count). The van der Waals surface area contributed by atoms with Crippen molar-refractivity contribution in [2.45, 2.75) is 13.5 Å². The summed E-state index contributed by atoms with van der Waals surface area (Å²) < 4.78 is 14.8. The normalized spacial score (nSPS) is 15.1. The van der Waals surface area contributed by atoms with Crippen molar-refractivity contribution in [2.75, 3.05) is 38.0 Å². The molecule has 0 aliphatic carbocycles. The van der Waals surface area contributed by atoms with Gasteiger partial charge in [-0.2, -0.15) is 0 Å². The number of carbonyl (C=O) groups excluding carboxylic acids is 1. The van der Waals surface area contributed by atoms with Crippen LogP contribution in [0.5, 0.6) is 0 Å². The lowest BCUT2D eigenvalue weighted by Gasteiger charge is -2.34. The van der Waals surface area contributed by atoms with E-state index in [1.54, 1.807) is 36.5 Å². The highest BCUT2D eigenvalue weighted by molar-refractivity contribution is 6.31. The summed E-state index contributed by atoms with van der Waals surface area (Å²) in [4.78, 5) is 31.3. The lowest BCUT2D eigenvalue weighted by Crippen LogP contribution is -2.48. The van der Waals surface area contributed by atoms with E-state index in [0.717, 1.165) is 49.5 Å². The minimum atomic E-state index is -0.350. The third-order valence-corrected chi connectivity index (χ3v) is 7.62. The maximum absolute atomic E-state index is 14.8. The number of hydrogen-bond donors (Lipinski definition) is 1. The molecule has 1 saturated heterocycles. The molecule has 2 aliphatic rings. The number of aromatic nitrogens is 2. The van der Waals surface area contributed by atoms with Gasteiger partial charge in [-0.3, -0.25) is 9.79 Å². The molecule has 0 radical (unpaired) electrons. The number of piperazine rings is 1. The van der Waals surface area contributed by atoms with Crippen molar-refractivity contribution in [1.82, 2.24) is 19.8 Å². The lowest BCUT2D eigenvalue weighted by atomic mass is 9.95. The number of hydrogen-bond acceptors (Lipinski definition) is 6. The van der Waals surface area contributed by atoms with E-state index >= 15 is 0 Å². The molecule has 2 aliphatic heterocycles. The van der Waals surface area contributed by atoms with Gasteiger partial charge in [-0.15, -0.1) is 0 Å². The molecule has 1 amide bonds. The monoisotopic (exact) mass is 554 g/mol. The summed E-state index contributed by atoms with van der Waals surface area (Å²) >= 11 is 6.36. The molecular weight excluding hydrogens is 527 g/mol. The fraction of sp³-hybridized carbons (Fsp3) is 0.226. The molecule has 0 bridgehead atoms. The average molecular weight is 555 g/mol. The van der Waals surface area contributed by atoms with E-state index in [4.69, 9.17) is 21.6 Å². The summed E-state index contributed by atoms with van der Waals surface area (Å²) in [5.74, 6) is 0.102. The Morgan fingerprint density at radius 3 is 2.50 bits per heavy atom. The number of amides is 1. The number of nitrogens with zero attached hydrogens (tertiary/aromatic N) is 5. The highest BCUT2D eigenvalue weighted by atomic mass is 35.5. The standard InChI is InChI=1S/C31H28ClFN6O/c1-2-38-13-15-39(16-14-38)30(40)20-7-10-23(11-8-20)36-31-35-19-21-18-34-29(25-5-3-4-6-27(25)33)26-17-22(32)9-12-24(26)28(21)37-31/h3-12,17,19H,2,13-16,18H2,1H3,(H,35,36,37). The highest BCUT2D eigenvalue weighted by Gasteiger charge is 2.24. The molecule has 0 atom stereocenters. The molecule has 9 heteroatoms. The Hall–Kier alpha value is -4.14. The van der Waals surface area contributed by atoms with Crippen LogP contribution < -0.4 is 5.32 Å². The summed E-state index contributed by atoms with van der Waals surface area (Å²) in [7, 11) is 0. The molecule has 0 unspecified atom stereocenters. The van der Waals surface area contributed by atoms with Gasteiger partial charge in [-0.05, 0) is 55.1 Å². The van der Waals surface area contributed by atoms with Gasteiger partial charge in [0.25, 0.3) is 5.91 Å². The van der Waals surface area contributed by atoms with Crippen LogP contribution in [0.4, 0.5) is 16.0 Å². The minimum Gasteiger partial charge on any atom is -0.336 e. The number of likely N-dealkylation sites (N-methyl/N-ethyl adjacent to an activating group) is 1. The Kier molecular flexibility index (Phi) is 7.28. The van der Waals surface area contributed by atoms with Gasteiger partial charge in [0.2, 0.25) is 5.95 Å². The molecule has 4 aromatic rings. The number of nitrogens with one attached hydrogen (secondary N) is 1. The first kappa shape index (κ1) is 26.1. The van der Waals surface area contributed by atoms with Crippen LogP contribution in [0.25, 0.3) is 11.3 Å². The van der Waals surface area contributed by atoms with E-state index in [2.05, 4.69) is 22.1 Å². The number of aliphatic imine (C=N–C) groups is 1. The zero-order chi connectivity index (χ0) is 27.6. The third kappa shape index (κ3) is 5.20. The van der Waals surface area contributed by atoms with Gasteiger partial charge in [0, 0.05) is 70.9 Å². The Labute approximate surface area is 237 Å². The van der Waals surface area contributed by atoms with E-state index in [-0.39, 0.29) is 11.7 Å². The largest absolute Gasteiger partial charge is 0.336 e. The van der Waals surface area contributed by atoms with Gasteiger partial charge in [-0.1, -0.05) is 36.7 Å². The van der Waals surface area contributed by atoms with E-state index in [0.29, 0.717) is 45.6 Å². The fourth-order valence-corrected chi connectivity index (χ4v) is 5.31. The lowest BCUT2D eigenvalue weighted by molar-refractivity contribution is 0.0643. The van der Waals surface area contributed by atoms with Crippen molar-refractivity contribution in [3.05, 3.63) is 106 Å². The summed E-state index contributed by atoms with van der Waals surface area (Å²) in [5.41, 5.74) is 5.40. The predicted molar refractivity (Wildman–Crippen MR) is 156 cm³/mol. The average Bonchev–Trinajstić information content (AvgIpc) is 3.14. The molecule has 1 fully saturated rings. The van der Waals surface area contributed by atoms with Crippen molar-refractivity contribution in [3.63, 3.8) is 0 Å². The van der Waals surface area contributed by atoms with Crippen molar-refractivity contribution in [3.8, 4) is 11.3 Å². The first-order valence-corrected chi connectivity index (χ1v) is 13.7. The molecule has 0 spiro atoms. The zero-order valence-corrected chi connectivity index (χ0v) is 22.8. The number of rotatable bonds is 5. The number of halogens is 2. The second-order valence-corrected chi connectivity index (χ2v) is 10.3. The van der Waals surface area contributed by atoms with E-state index in [1.807, 2.05) is 35.2 Å². The van der Waals surface area contributed by atoms with Gasteiger partial charge in [-0.25, -0.2) is 14.4 Å². The topological polar surface area (TPSA) is 73.7 Å². The second kappa shape index (κ2) is 11.2. The summed E-state index contributed by atoms with van der Waals surface area (Å²) in [6.45, 7) is 6.73. The first-order chi connectivity index (χ1) is 19.5. The summed E-state index contributed by atoms with van der Waals surface area (Å²) in [6, 6.07) is 19.4. The van der Waals surface area contributed by atoms with E-state index < -0.39 is 0 Å². The molecule has 7 nitrogen and oxygen atoms in total. The predicted octanol–water partition coefficient (Wildman–Crippen LogP) is 5.81. The van der Waals surface area contributed by atoms with Gasteiger partial charge >= 0.3 is 0 Å². The maximum atomic E-state index is 14.8. The Balaban J connectivity index is 1.25. The van der Waals surface area contributed by atoms with Crippen LogP contribution in [-0.4, -0.2) is 64.1 Å². The Morgan fingerprint density at radius 1 is 0.975 bits per heavy atom. The fourth-order valence-electron chi connectivity index (χ4n) is 5.14. The molecule has 1 N–H and O–H groups in total. The SMILES string of the molecule is CCN1CCN(C(=O)c2ccc(Nc3ncc4c(n3)-c3ccc(Cl)cc3C(c3ccccc3F)=NC4)cc2)CC1. The van der Waals surface area contributed by atoms with Crippen LogP contribution >= 0.6 is 11.6 Å². The van der Waals surface area contributed by atoms with Gasteiger partial charge in [0.1, 0.15) is 5.82 Å². The van der Waals surface area contributed by atoms with Crippen LogP contribution in [0, 0.1) is 5.82 Å².